The van der Waals surface area contributed by atoms with E-state index in [0.717, 1.165) is 60.5 Å². The Kier molecular flexibility index (Phi) is 3.76. The van der Waals surface area contributed by atoms with Gasteiger partial charge in [-0.2, -0.15) is 0 Å². The predicted molar refractivity (Wildman–Crippen MR) is 98.9 cm³/mol. The molecule has 0 radical (unpaired) electrons. The molecular formula is C20H23N5O. The fraction of sp³-hybridized carbons (Fsp3) is 0.450. The van der Waals surface area contributed by atoms with Crippen molar-refractivity contribution in [2.75, 3.05) is 6.54 Å². The summed E-state index contributed by atoms with van der Waals surface area (Å²) in [6.45, 7) is 1.76. The highest BCUT2D eigenvalue weighted by Crippen LogP contribution is 2.34. The number of amides is 1. The largest absolute Gasteiger partial charge is 0.361 e. The van der Waals surface area contributed by atoms with Gasteiger partial charge in [-0.1, -0.05) is 18.6 Å². The van der Waals surface area contributed by atoms with Crippen LogP contribution in [0.2, 0.25) is 0 Å². The molecule has 2 aromatic heterocycles. The van der Waals surface area contributed by atoms with Crippen LogP contribution in [0.15, 0.2) is 30.5 Å². The van der Waals surface area contributed by atoms with Crippen molar-refractivity contribution in [3.63, 3.8) is 0 Å². The highest BCUT2D eigenvalue weighted by atomic mass is 16.2. The van der Waals surface area contributed by atoms with Gasteiger partial charge in [-0.05, 0) is 37.8 Å². The first-order valence-corrected chi connectivity index (χ1v) is 9.62. The van der Waals surface area contributed by atoms with Gasteiger partial charge in [0.2, 0.25) is 0 Å². The highest BCUT2D eigenvalue weighted by Gasteiger charge is 2.35. The molecule has 6 heteroatoms. The third-order valence-corrected chi connectivity index (χ3v) is 5.77. The van der Waals surface area contributed by atoms with Gasteiger partial charge in [0.25, 0.3) is 5.91 Å². The van der Waals surface area contributed by atoms with Gasteiger partial charge in [-0.25, -0.2) is 0 Å². The number of H-pyrrole nitrogens is 1. The van der Waals surface area contributed by atoms with Crippen LogP contribution >= 0.6 is 0 Å². The molecule has 0 bridgehead atoms. The number of aromatic nitrogens is 4. The average molecular weight is 349 g/mol. The monoisotopic (exact) mass is 349 g/mol. The molecular weight excluding hydrogens is 326 g/mol. The number of benzene rings is 1. The number of carbonyl (C=O) groups excluding carboxylic acids is 1. The number of carbonyl (C=O) groups is 1. The minimum atomic E-state index is 0.0343. The molecule has 5 rings (SSSR count). The van der Waals surface area contributed by atoms with Gasteiger partial charge in [0.1, 0.15) is 5.82 Å². The first kappa shape index (κ1) is 15.6. The number of likely N-dealkylation sites (tertiary alicyclic amines) is 1. The lowest BCUT2D eigenvalue weighted by Gasteiger charge is -2.25. The van der Waals surface area contributed by atoms with Crippen LogP contribution in [-0.4, -0.2) is 37.1 Å². The molecule has 1 atom stereocenters. The molecule has 0 spiro atoms. The second-order valence-electron chi connectivity index (χ2n) is 7.34. The number of hydrogen-bond acceptors (Lipinski definition) is 3. The Hall–Kier alpha value is -2.63. The van der Waals surface area contributed by atoms with E-state index in [1.54, 1.807) is 0 Å². The average Bonchev–Trinajstić information content (AvgIpc) is 3.37. The number of nitrogens with one attached hydrogen (secondary N) is 1. The maximum Gasteiger partial charge on any atom is 0.256 e. The Balaban J connectivity index is 1.51. The van der Waals surface area contributed by atoms with Crippen LogP contribution < -0.4 is 0 Å². The summed E-state index contributed by atoms with van der Waals surface area (Å²) in [4.78, 5) is 18.6. The number of fused-ring (bicyclic) bond motifs is 2. The van der Waals surface area contributed by atoms with Gasteiger partial charge < -0.3 is 14.5 Å². The zero-order chi connectivity index (χ0) is 17.5. The Labute approximate surface area is 152 Å². The lowest BCUT2D eigenvalue weighted by atomic mass is 10.1. The summed E-state index contributed by atoms with van der Waals surface area (Å²) in [6, 6.07) is 7.94. The van der Waals surface area contributed by atoms with Gasteiger partial charge >= 0.3 is 0 Å². The summed E-state index contributed by atoms with van der Waals surface area (Å²) in [5.41, 5.74) is 1.67. The lowest BCUT2D eigenvalue weighted by molar-refractivity contribution is 0.0729. The zero-order valence-electron chi connectivity index (χ0n) is 14.8. The van der Waals surface area contributed by atoms with Gasteiger partial charge in [-0.3, -0.25) is 4.79 Å². The van der Waals surface area contributed by atoms with E-state index < -0.39 is 0 Å². The molecule has 1 unspecified atom stereocenters. The molecule has 134 valence electrons. The number of aromatic amines is 1. The van der Waals surface area contributed by atoms with E-state index in [2.05, 4.69) is 19.7 Å². The van der Waals surface area contributed by atoms with Crippen LogP contribution in [0.1, 0.15) is 60.2 Å². The molecule has 1 fully saturated rings. The number of para-hydroxylation sites is 1. The number of nitrogens with zero attached hydrogens (tertiary/aromatic N) is 4. The minimum Gasteiger partial charge on any atom is -0.361 e. The smallest absolute Gasteiger partial charge is 0.256 e. The molecule has 3 aromatic rings. The number of aryl methyl sites for hydroxylation is 1. The normalized spacial score (nSPS) is 20.3. The molecule has 1 aromatic carbocycles. The van der Waals surface area contributed by atoms with Crippen molar-refractivity contribution < 1.29 is 4.79 Å². The summed E-state index contributed by atoms with van der Waals surface area (Å²) >= 11 is 0. The Morgan fingerprint density at radius 1 is 1.08 bits per heavy atom. The van der Waals surface area contributed by atoms with E-state index in [4.69, 9.17) is 0 Å². The summed E-state index contributed by atoms with van der Waals surface area (Å²) in [6.07, 6.45) is 8.45. The number of hydrogen-bond donors (Lipinski definition) is 1. The highest BCUT2D eigenvalue weighted by molar-refractivity contribution is 6.05. The Morgan fingerprint density at radius 3 is 3.00 bits per heavy atom. The molecule has 2 aliphatic rings. The second-order valence-corrected chi connectivity index (χ2v) is 7.34. The first-order chi connectivity index (χ1) is 12.8. The summed E-state index contributed by atoms with van der Waals surface area (Å²) < 4.78 is 2.28. The van der Waals surface area contributed by atoms with Crippen LogP contribution in [-0.2, 0) is 13.0 Å². The molecule has 0 aliphatic carbocycles. The van der Waals surface area contributed by atoms with E-state index in [1.807, 2.05) is 35.4 Å². The fourth-order valence-corrected chi connectivity index (χ4v) is 4.45. The van der Waals surface area contributed by atoms with E-state index in [-0.39, 0.29) is 11.9 Å². The number of rotatable bonds is 2. The van der Waals surface area contributed by atoms with Crippen molar-refractivity contribution >= 4 is 16.8 Å². The molecule has 2 aliphatic heterocycles. The van der Waals surface area contributed by atoms with E-state index in [9.17, 15) is 4.79 Å². The van der Waals surface area contributed by atoms with Crippen molar-refractivity contribution in [2.45, 2.75) is 51.1 Å². The van der Waals surface area contributed by atoms with Crippen molar-refractivity contribution in [2.24, 2.45) is 0 Å². The molecule has 1 N–H and O–H groups in total. The molecule has 26 heavy (non-hydrogen) atoms. The van der Waals surface area contributed by atoms with Gasteiger partial charge in [0, 0.05) is 31.1 Å². The Bertz CT molecular complexity index is 956. The Morgan fingerprint density at radius 2 is 2.04 bits per heavy atom. The third kappa shape index (κ3) is 2.43. The zero-order valence-corrected chi connectivity index (χ0v) is 14.8. The SMILES string of the molecule is O=C(c1cccc2cc[nH]c12)N1CCCC1c1nnc2n1CCCCC2. The van der Waals surface area contributed by atoms with E-state index in [0.29, 0.717) is 0 Å². The molecule has 1 amide bonds. The standard InChI is InChI=1S/C20H23N5O/c26-20(15-7-4-6-14-10-11-21-18(14)15)24-13-5-8-16(24)19-23-22-17-9-2-1-3-12-25(17)19/h4,6-7,10-11,16,21H,1-3,5,8-9,12-13H2. The van der Waals surface area contributed by atoms with Crippen molar-refractivity contribution in [1.29, 1.82) is 0 Å². The van der Waals surface area contributed by atoms with Crippen molar-refractivity contribution in [3.05, 3.63) is 47.7 Å². The van der Waals surface area contributed by atoms with E-state index >= 15 is 0 Å². The second kappa shape index (κ2) is 6.27. The summed E-state index contributed by atoms with van der Waals surface area (Å²) in [7, 11) is 0. The molecule has 0 saturated carbocycles. The van der Waals surface area contributed by atoms with Gasteiger partial charge in [-0.15, -0.1) is 10.2 Å². The minimum absolute atomic E-state index is 0.0343. The molecule has 4 heterocycles. The van der Waals surface area contributed by atoms with Crippen LogP contribution in [0.25, 0.3) is 10.9 Å². The predicted octanol–water partition coefficient (Wildman–Crippen LogP) is 3.46. The van der Waals surface area contributed by atoms with Crippen LogP contribution in [0, 0.1) is 0 Å². The van der Waals surface area contributed by atoms with E-state index in [1.165, 1.54) is 19.3 Å². The van der Waals surface area contributed by atoms with Gasteiger partial charge in [0.05, 0.1) is 17.1 Å². The van der Waals surface area contributed by atoms with Gasteiger partial charge in [0.15, 0.2) is 5.82 Å². The summed E-state index contributed by atoms with van der Waals surface area (Å²) in [5, 5.41) is 10.0. The summed E-state index contributed by atoms with van der Waals surface area (Å²) in [5.74, 6) is 2.15. The quantitative estimate of drug-likeness (QED) is 0.770. The lowest BCUT2D eigenvalue weighted by Crippen LogP contribution is -2.32. The van der Waals surface area contributed by atoms with Crippen LogP contribution in [0.5, 0.6) is 0 Å². The molecule has 6 nitrogen and oxygen atoms in total. The first-order valence-electron chi connectivity index (χ1n) is 9.62. The van der Waals surface area contributed by atoms with Crippen molar-refractivity contribution in [3.8, 4) is 0 Å². The third-order valence-electron chi connectivity index (χ3n) is 5.77. The maximum atomic E-state index is 13.3. The van der Waals surface area contributed by atoms with Crippen LogP contribution in [0.3, 0.4) is 0 Å². The maximum absolute atomic E-state index is 13.3. The fourth-order valence-electron chi connectivity index (χ4n) is 4.45. The van der Waals surface area contributed by atoms with Crippen molar-refractivity contribution in [1.82, 2.24) is 24.6 Å². The molecule has 1 saturated heterocycles. The topological polar surface area (TPSA) is 66.8 Å². The van der Waals surface area contributed by atoms with Crippen LogP contribution in [0.4, 0.5) is 0 Å².